The molecule has 6 heterocycles. The summed E-state index contributed by atoms with van der Waals surface area (Å²) in [5.74, 6) is 4.32. The topological polar surface area (TPSA) is 139 Å². The number of benzene rings is 17. The van der Waals surface area contributed by atoms with Gasteiger partial charge in [0.1, 0.15) is 0 Å². The molecule has 12 nitrogen and oxygen atoms in total. The van der Waals surface area contributed by atoms with Crippen LogP contribution in [0.1, 0.15) is 18.4 Å². The van der Waals surface area contributed by atoms with Crippen LogP contribution in [0.15, 0.2) is 461 Å². The summed E-state index contributed by atoms with van der Waals surface area (Å²) in [4.78, 5) is 54.1. The molecule has 24 rings (SSSR count). The summed E-state index contributed by atoms with van der Waals surface area (Å²) in [6, 6.07) is 155. The van der Waals surface area contributed by atoms with Gasteiger partial charge >= 0.3 is 0 Å². The van der Waals surface area contributed by atoms with Gasteiger partial charge in [0.15, 0.2) is 46.6 Å². The molecule has 0 radical (unpaired) electrons. The Morgan fingerprint density at radius 1 is 0.164 bits per heavy atom. The zero-order valence-corrected chi connectivity index (χ0v) is 72.7. The van der Waals surface area contributed by atoms with Gasteiger partial charge in [-0.25, -0.2) is 49.8 Å². The van der Waals surface area contributed by atoms with E-state index in [1.165, 1.54) is 11.1 Å². The van der Waals surface area contributed by atoms with Gasteiger partial charge in [-0.1, -0.05) is 358 Å². The van der Waals surface area contributed by atoms with Gasteiger partial charge in [0.25, 0.3) is 0 Å². The first-order valence-electron chi connectivity index (χ1n) is 45.2. The Morgan fingerprint density at radius 3 is 0.836 bits per heavy atom. The molecular formula is C122H80N12. The standard InChI is InChI=1S/C122H80N12/c1-11-33-79(34-12-1)92-57-63-109-101(73-92)102-74-95(60-66-110(102)133(109)113-67-61-96(107-77-105(82-39-17-4-18-40-82)123-115(125-107)84-43-21-6-22-44-84)75-103(113)108-78-106(83-41-19-5-20-42-83)124-116(126-108)85-45-23-7-24-46-85)90-54-31-53-89(69-90)91-55-32-56-97(70-91)120-128-117(86-47-25-8-26-48-86)129-121(130-120)98-62-68-114(104(76-98)122-131-118(87-49-27-9-28-50-87)127-119(132-122)88-51-29-10-30-52-88)134-111-64-58-93(80-35-13-2-14-36-80)71-99(111)100-72-94(59-65-112(100)134)81-37-15-3-16-38-81/h1-2,4-15,17-78H,3,16H2. The summed E-state index contributed by atoms with van der Waals surface area (Å²) in [6.45, 7) is 0. The monoisotopic (exact) mass is 1710 g/mol. The van der Waals surface area contributed by atoms with E-state index in [1.807, 2.05) is 103 Å². The lowest BCUT2D eigenvalue weighted by Gasteiger charge is -2.17. The molecule has 0 saturated heterocycles. The predicted octanol–water partition coefficient (Wildman–Crippen LogP) is 30.2. The van der Waals surface area contributed by atoms with Gasteiger partial charge in [0, 0.05) is 88.3 Å². The van der Waals surface area contributed by atoms with Crippen LogP contribution in [0.2, 0.25) is 0 Å². The molecule has 1 aliphatic rings. The molecule has 134 heavy (non-hydrogen) atoms. The Morgan fingerprint density at radius 2 is 0.433 bits per heavy atom. The zero-order chi connectivity index (χ0) is 88.8. The van der Waals surface area contributed by atoms with Crippen molar-refractivity contribution in [3.05, 3.63) is 467 Å². The Labute approximate surface area is 774 Å². The predicted molar refractivity (Wildman–Crippen MR) is 546 cm³/mol. The Kier molecular flexibility index (Phi) is 20.5. The number of aromatic nitrogens is 12. The fraction of sp³-hybridized carbons (Fsp3) is 0.0164. The molecule has 0 N–H and O–H groups in total. The maximum atomic E-state index is 5.59. The lowest BCUT2D eigenvalue weighted by atomic mass is 9.96. The van der Waals surface area contributed by atoms with Gasteiger partial charge in [0.05, 0.1) is 56.2 Å². The van der Waals surface area contributed by atoms with E-state index in [1.54, 1.807) is 0 Å². The van der Waals surface area contributed by atoms with Gasteiger partial charge < -0.3 is 9.13 Å². The fourth-order valence-electron chi connectivity index (χ4n) is 18.6. The molecule has 0 bridgehead atoms. The SMILES string of the molecule is C1=CC(c2ccc3c(c2)c2cc(-c4ccccc4)ccc2n3-c2ccc(-c3nc(-c4ccccc4)nc(-c4cccc(-c5cccc(-c6ccc7c(c6)c6cc(-c8ccccc8)ccc6n7-c6ccc(-c7cc(-c8ccccc8)nc(-c8ccccc8)n7)cc6-c6cc(-c7ccccc7)nc(-c7ccccc7)n6)c5)c4)n3)cc2-c2nc(-c3ccccc3)nc(-c3ccccc3)n2)=CCC1. The second-order valence-corrected chi connectivity index (χ2v) is 33.7. The van der Waals surface area contributed by atoms with Crippen molar-refractivity contribution in [3.63, 3.8) is 0 Å². The lowest BCUT2D eigenvalue weighted by Crippen LogP contribution is -2.05. The van der Waals surface area contributed by atoms with E-state index in [0.717, 1.165) is 202 Å². The van der Waals surface area contributed by atoms with Gasteiger partial charge in [-0.3, -0.25) is 0 Å². The molecule has 1 aliphatic carbocycles. The van der Waals surface area contributed by atoms with Gasteiger partial charge in [0.2, 0.25) is 0 Å². The molecule has 0 amide bonds. The van der Waals surface area contributed by atoms with Crippen molar-refractivity contribution in [1.29, 1.82) is 0 Å². The van der Waals surface area contributed by atoms with E-state index in [4.69, 9.17) is 49.8 Å². The fourth-order valence-corrected chi connectivity index (χ4v) is 18.6. The number of rotatable bonds is 19. The molecule has 0 atom stereocenters. The highest BCUT2D eigenvalue weighted by atomic mass is 15.1. The molecule has 6 aromatic heterocycles. The number of hydrogen-bond donors (Lipinski definition) is 0. The minimum Gasteiger partial charge on any atom is -0.309 e. The van der Waals surface area contributed by atoms with E-state index in [0.29, 0.717) is 46.6 Å². The molecule has 0 aliphatic heterocycles. The second-order valence-electron chi connectivity index (χ2n) is 33.7. The minimum atomic E-state index is 0.477. The highest BCUT2D eigenvalue weighted by Crippen LogP contribution is 2.46. The third-order valence-corrected chi connectivity index (χ3v) is 25.3. The van der Waals surface area contributed by atoms with Crippen molar-refractivity contribution < 1.29 is 0 Å². The number of allylic oxidation sites excluding steroid dienone is 4. The third kappa shape index (κ3) is 15.3. The van der Waals surface area contributed by atoms with Crippen molar-refractivity contribution in [2.75, 3.05) is 0 Å². The van der Waals surface area contributed by atoms with Crippen LogP contribution in [0.3, 0.4) is 0 Å². The van der Waals surface area contributed by atoms with E-state index in [2.05, 4.69) is 367 Å². The van der Waals surface area contributed by atoms with Crippen molar-refractivity contribution >= 4 is 49.2 Å². The Bertz CT molecular complexity index is 8330. The van der Waals surface area contributed by atoms with Crippen LogP contribution in [0, 0.1) is 0 Å². The van der Waals surface area contributed by atoms with E-state index >= 15 is 0 Å². The van der Waals surface area contributed by atoms with Crippen LogP contribution in [0.4, 0.5) is 0 Å². The molecule has 0 spiro atoms. The maximum absolute atomic E-state index is 5.59. The van der Waals surface area contributed by atoms with Crippen LogP contribution in [-0.4, -0.2) is 59.0 Å². The summed E-state index contributed by atoms with van der Waals surface area (Å²) < 4.78 is 4.79. The summed E-state index contributed by atoms with van der Waals surface area (Å²) >= 11 is 0. The van der Waals surface area contributed by atoms with Gasteiger partial charge in [-0.15, -0.1) is 0 Å². The summed E-state index contributed by atoms with van der Waals surface area (Å²) in [7, 11) is 0. The van der Waals surface area contributed by atoms with Crippen molar-refractivity contribution in [2.24, 2.45) is 0 Å². The Hall–Kier alpha value is -18.0. The normalized spacial score (nSPS) is 12.0. The molecule has 23 aromatic rings. The van der Waals surface area contributed by atoms with Crippen LogP contribution in [0.5, 0.6) is 0 Å². The van der Waals surface area contributed by atoms with E-state index in [9.17, 15) is 0 Å². The zero-order valence-electron chi connectivity index (χ0n) is 72.7. The molecule has 17 aromatic carbocycles. The van der Waals surface area contributed by atoms with Crippen LogP contribution in [-0.2, 0) is 0 Å². The lowest BCUT2D eigenvalue weighted by molar-refractivity contribution is 1.04. The molecule has 628 valence electrons. The maximum Gasteiger partial charge on any atom is 0.166 e. The number of fused-ring (bicyclic) bond motifs is 6. The van der Waals surface area contributed by atoms with Crippen LogP contribution >= 0.6 is 0 Å². The van der Waals surface area contributed by atoms with Gasteiger partial charge in [-0.05, 0) is 172 Å². The number of nitrogens with zero attached hydrogens (tertiary/aromatic N) is 12. The average molecular weight is 1710 g/mol. The van der Waals surface area contributed by atoms with Crippen molar-refractivity contribution in [2.45, 2.75) is 12.8 Å². The molecule has 0 unspecified atom stereocenters. The van der Waals surface area contributed by atoms with Gasteiger partial charge in [-0.2, -0.15) is 0 Å². The third-order valence-electron chi connectivity index (χ3n) is 25.3. The summed E-state index contributed by atoms with van der Waals surface area (Å²) in [5.41, 5.74) is 30.5. The first-order valence-corrected chi connectivity index (χ1v) is 45.2. The van der Waals surface area contributed by atoms with E-state index < -0.39 is 0 Å². The second kappa shape index (κ2) is 34.5. The van der Waals surface area contributed by atoms with Crippen molar-refractivity contribution in [1.82, 2.24) is 59.0 Å². The summed E-state index contributed by atoms with van der Waals surface area (Å²) in [6.07, 6.45) is 8.91. The molecule has 12 heteroatoms. The molecule has 0 fully saturated rings. The van der Waals surface area contributed by atoms with Crippen LogP contribution in [0.25, 0.3) is 241 Å². The quantitative estimate of drug-likeness (QED) is 0.0769. The summed E-state index contributed by atoms with van der Waals surface area (Å²) in [5, 5.41) is 4.42. The molecule has 0 saturated carbocycles. The average Bonchev–Trinajstić information content (AvgIpc) is 1.57. The highest BCUT2D eigenvalue weighted by molar-refractivity contribution is 6.14. The molecular weight excluding hydrogens is 1630 g/mol. The first kappa shape index (κ1) is 79.4. The number of hydrogen-bond acceptors (Lipinski definition) is 10. The largest absolute Gasteiger partial charge is 0.309 e. The Balaban J connectivity index is 0.652. The van der Waals surface area contributed by atoms with E-state index in [-0.39, 0.29) is 0 Å². The minimum absolute atomic E-state index is 0.477. The highest BCUT2D eigenvalue weighted by Gasteiger charge is 2.27. The smallest absolute Gasteiger partial charge is 0.166 e. The van der Waals surface area contributed by atoms with Crippen LogP contribution < -0.4 is 0 Å². The van der Waals surface area contributed by atoms with Crippen molar-refractivity contribution in [3.8, 4) is 192 Å². The first-order chi connectivity index (χ1) is 66.4.